The van der Waals surface area contributed by atoms with Crippen molar-refractivity contribution in [3.63, 3.8) is 0 Å². The van der Waals surface area contributed by atoms with Crippen LogP contribution in [-0.4, -0.2) is 16.1 Å². The van der Waals surface area contributed by atoms with Crippen molar-refractivity contribution in [1.29, 1.82) is 0 Å². The first-order valence-corrected chi connectivity index (χ1v) is 8.82. The van der Waals surface area contributed by atoms with Gasteiger partial charge in [-0.05, 0) is 67.6 Å². The Kier molecular flexibility index (Phi) is 5.03. The number of benzene rings is 3. The molecule has 1 aromatic heterocycles. The molecule has 7 heteroatoms. The molecule has 0 fully saturated rings. The second kappa shape index (κ2) is 7.93. The Morgan fingerprint density at radius 3 is 2.17 bits per heavy atom. The summed E-state index contributed by atoms with van der Waals surface area (Å²) < 4.78 is 24.2. The molecule has 0 unspecified atom stereocenters. The minimum Gasteiger partial charge on any atom is -0.457 e. The lowest BCUT2D eigenvalue weighted by Crippen LogP contribution is -2.11. The Balaban J connectivity index is 1.41. The van der Waals surface area contributed by atoms with Crippen LogP contribution in [0.2, 0.25) is 0 Å². The summed E-state index contributed by atoms with van der Waals surface area (Å²) in [5, 5.41) is 10.2. The SMILES string of the molecule is Cc1ccc(Oc2ccc(C(=O)Nc3nnc(-c4ccc(F)cc4)o3)cc2)cc1. The van der Waals surface area contributed by atoms with E-state index < -0.39 is 5.91 Å². The number of hydrogen-bond donors (Lipinski definition) is 1. The lowest BCUT2D eigenvalue weighted by molar-refractivity contribution is 0.102. The van der Waals surface area contributed by atoms with E-state index in [9.17, 15) is 9.18 Å². The molecule has 0 aliphatic heterocycles. The smallest absolute Gasteiger partial charge is 0.322 e. The van der Waals surface area contributed by atoms with Crippen LogP contribution in [0.15, 0.2) is 77.2 Å². The Bertz CT molecular complexity index is 1120. The molecule has 4 rings (SSSR count). The second-order valence-corrected chi connectivity index (χ2v) is 6.31. The van der Waals surface area contributed by atoms with Gasteiger partial charge in [0.2, 0.25) is 5.89 Å². The summed E-state index contributed by atoms with van der Waals surface area (Å²) in [7, 11) is 0. The Morgan fingerprint density at radius 1 is 0.897 bits per heavy atom. The van der Waals surface area contributed by atoms with Crippen LogP contribution in [-0.2, 0) is 0 Å². The first-order chi connectivity index (χ1) is 14.1. The van der Waals surface area contributed by atoms with Gasteiger partial charge in [0.05, 0.1) is 0 Å². The van der Waals surface area contributed by atoms with Crippen LogP contribution in [0.3, 0.4) is 0 Å². The third-order valence-electron chi connectivity index (χ3n) is 4.11. The predicted molar refractivity (Wildman–Crippen MR) is 105 cm³/mol. The third kappa shape index (κ3) is 4.47. The van der Waals surface area contributed by atoms with E-state index in [0.717, 1.165) is 5.56 Å². The van der Waals surface area contributed by atoms with Gasteiger partial charge in [0, 0.05) is 11.1 Å². The highest BCUT2D eigenvalue weighted by Gasteiger charge is 2.13. The number of ether oxygens (including phenoxy) is 1. The lowest BCUT2D eigenvalue weighted by atomic mass is 10.2. The average Bonchev–Trinajstić information content (AvgIpc) is 3.19. The normalized spacial score (nSPS) is 10.6. The summed E-state index contributed by atoms with van der Waals surface area (Å²) in [5.41, 5.74) is 2.10. The van der Waals surface area contributed by atoms with E-state index in [2.05, 4.69) is 15.5 Å². The van der Waals surface area contributed by atoms with Crippen molar-refractivity contribution < 1.29 is 18.3 Å². The van der Waals surface area contributed by atoms with Gasteiger partial charge in [-0.1, -0.05) is 22.8 Å². The molecular formula is C22H16FN3O3. The van der Waals surface area contributed by atoms with Crippen molar-refractivity contribution in [3.05, 3.63) is 89.7 Å². The number of aromatic nitrogens is 2. The van der Waals surface area contributed by atoms with Gasteiger partial charge in [-0.15, -0.1) is 5.10 Å². The van der Waals surface area contributed by atoms with Crippen LogP contribution in [0.1, 0.15) is 15.9 Å². The Hall–Kier alpha value is -4.00. The number of aryl methyl sites for hydroxylation is 1. The van der Waals surface area contributed by atoms with Crippen LogP contribution < -0.4 is 10.1 Å². The van der Waals surface area contributed by atoms with Gasteiger partial charge in [-0.3, -0.25) is 10.1 Å². The van der Waals surface area contributed by atoms with Crippen LogP contribution >= 0.6 is 0 Å². The Labute approximate surface area is 166 Å². The van der Waals surface area contributed by atoms with Crippen molar-refractivity contribution >= 4 is 11.9 Å². The third-order valence-corrected chi connectivity index (χ3v) is 4.11. The molecule has 0 atom stereocenters. The highest BCUT2D eigenvalue weighted by Crippen LogP contribution is 2.23. The largest absolute Gasteiger partial charge is 0.457 e. The molecule has 0 spiro atoms. The minimum absolute atomic E-state index is 0.0469. The fraction of sp³-hybridized carbons (Fsp3) is 0.0455. The van der Waals surface area contributed by atoms with Gasteiger partial charge in [0.15, 0.2) is 0 Å². The zero-order valence-corrected chi connectivity index (χ0v) is 15.4. The minimum atomic E-state index is -0.402. The molecule has 1 amide bonds. The number of amides is 1. The lowest BCUT2D eigenvalue weighted by Gasteiger charge is -2.07. The van der Waals surface area contributed by atoms with Crippen LogP contribution in [0.25, 0.3) is 11.5 Å². The summed E-state index contributed by atoms with van der Waals surface area (Å²) in [6.07, 6.45) is 0. The van der Waals surface area contributed by atoms with E-state index >= 15 is 0 Å². The molecule has 0 aliphatic rings. The standard InChI is InChI=1S/C22H16FN3O3/c1-14-2-10-18(11-3-14)28-19-12-6-15(7-13-19)20(27)24-22-26-25-21(29-22)16-4-8-17(23)9-5-16/h2-13H,1H3,(H,24,26,27). The molecule has 1 N–H and O–H groups in total. The van der Waals surface area contributed by atoms with Crippen LogP contribution in [0.5, 0.6) is 11.5 Å². The number of nitrogens with one attached hydrogen (secondary N) is 1. The topological polar surface area (TPSA) is 77.2 Å². The maximum absolute atomic E-state index is 13.0. The summed E-state index contributed by atoms with van der Waals surface area (Å²) >= 11 is 0. The molecule has 0 saturated carbocycles. The molecule has 144 valence electrons. The molecule has 6 nitrogen and oxygen atoms in total. The highest BCUT2D eigenvalue weighted by atomic mass is 19.1. The quantitative estimate of drug-likeness (QED) is 0.506. The highest BCUT2D eigenvalue weighted by molar-refractivity contribution is 6.03. The number of anilines is 1. The van der Waals surface area contributed by atoms with Gasteiger partial charge in [-0.2, -0.15) is 0 Å². The molecule has 3 aromatic carbocycles. The second-order valence-electron chi connectivity index (χ2n) is 6.31. The summed E-state index contributed by atoms with van der Waals surface area (Å²) in [6.45, 7) is 2.00. The molecule has 1 heterocycles. The van der Waals surface area contributed by atoms with E-state index in [-0.39, 0.29) is 17.7 Å². The van der Waals surface area contributed by atoms with E-state index in [4.69, 9.17) is 9.15 Å². The fourth-order valence-corrected chi connectivity index (χ4v) is 2.57. The maximum atomic E-state index is 13.0. The molecule has 0 saturated heterocycles. The van der Waals surface area contributed by atoms with Crippen molar-refractivity contribution in [2.24, 2.45) is 0 Å². The van der Waals surface area contributed by atoms with Crippen molar-refractivity contribution in [3.8, 4) is 23.0 Å². The summed E-state index contributed by atoms with van der Waals surface area (Å²) in [6, 6.07) is 19.9. The number of halogens is 1. The van der Waals surface area contributed by atoms with E-state index in [1.807, 2.05) is 31.2 Å². The number of carbonyl (C=O) groups is 1. The molecular weight excluding hydrogens is 373 g/mol. The number of nitrogens with zero attached hydrogens (tertiary/aromatic N) is 2. The van der Waals surface area contributed by atoms with Crippen molar-refractivity contribution in [1.82, 2.24) is 10.2 Å². The summed E-state index contributed by atoms with van der Waals surface area (Å²) in [5.74, 6) is 0.744. The number of carbonyl (C=O) groups excluding carboxylic acids is 1. The van der Waals surface area contributed by atoms with E-state index in [1.54, 1.807) is 24.3 Å². The molecule has 0 bridgehead atoms. The monoisotopic (exact) mass is 389 g/mol. The Morgan fingerprint density at radius 2 is 1.52 bits per heavy atom. The van der Waals surface area contributed by atoms with Gasteiger partial charge < -0.3 is 9.15 Å². The molecule has 0 aliphatic carbocycles. The van der Waals surface area contributed by atoms with E-state index in [0.29, 0.717) is 22.6 Å². The maximum Gasteiger partial charge on any atom is 0.322 e. The van der Waals surface area contributed by atoms with E-state index in [1.165, 1.54) is 24.3 Å². The van der Waals surface area contributed by atoms with Gasteiger partial charge in [0.1, 0.15) is 17.3 Å². The van der Waals surface area contributed by atoms with Crippen LogP contribution in [0, 0.1) is 12.7 Å². The van der Waals surface area contributed by atoms with Crippen LogP contribution in [0.4, 0.5) is 10.4 Å². The van der Waals surface area contributed by atoms with Gasteiger partial charge in [0.25, 0.3) is 5.91 Å². The zero-order valence-electron chi connectivity index (χ0n) is 15.4. The fourth-order valence-electron chi connectivity index (χ4n) is 2.57. The first-order valence-electron chi connectivity index (χ1n) is 8.82. The van der Waals surface area contributed by atoms with Crippen molar-refractivity contribution in [2.45, 2.75) is 6.92 Å². The predicted octanol–water partition coefficient (Wildman–Crippen LogP) is 5.23. The molecule has 0 radical (unpaired) electrons. The van der Waals surface area contributed by atoms with Gasteiger partial charge >= 0.3 is 6.01 Å². The number of rotatable bonds is 5. The zero-order chi connectivity index (χ0) is 20.2. The first kappa shape index (κ1) is 18.4. The number of hydrogen-bond acceptors (Lipinski definition) is 5. The molecule has 29 heavy (non-hydrogen) atoms. The van der Waals surface area contributed by atoms with Gasteiger partial charge in [-0.25, -0.2) is 4.39 Å². The average molecular weight is 389 g/mol. The molecule has 4 aromatic rings. The van der Waals surface area contributed by atoms with Crippen molar-refractivity contribution in [2.75, 3.05) is 5.32 Å². The summed E-state index contributed by atoms with van der Waals surface area (Å²) in [4.78, 5) is 12.4.